The normalized spacial score (nSPS) is 20.9. The molecule has 1 saturated heterocycles. The molecule has 1 aliphatic heterocycles. The van der Waals surface area contributed by atoms with Crippen molar-refractivity contribution in [1.82, 2.24) is 15.1 Å². The number of rotatable bonds is 2. The third-order valence-electron chi connectivity index (χ3n) is 2.40. The number of aliphatic hydroxyl groups is 1. The molecule has 1 aromatic rings. The summed E-state index contributed by atoms with van der Waals surface area (Å²) in [6.07, 6.45) is -5.81. The van der Waals surface area contributed by atoms with E-state index in [0.717, 1.165) is 4.90 Å². The van der Waals surface area contributed by atoms with E-state index in [0.29, 0.717) is 6.54 Å². The van der Waals surface area contributed by atoms with Crippen LogP contribution in [0.1, 0.15) is 11.9 Å². The van der Waals surface area contributed by atoms with E-state index in [4.69, 9.17) is 0 Å². The van der Waals surface area contributed by atoms with Crippen LogP contribution < -0.4 is 4.90 Å². The summed E-state index contributed by atoms with van der Waals surface area (Å²) in [5, 5.41) is 14.5. The van der Waals surface area contributed by atoms with Gasteiger partial charge in [0.05, 0.1) is 6.54 Å². The van der Waals surface area contributed by atoms with E-state index in [1.165, 1.54) is 4.90 Å². The van der Waals surface area contributed by atoms with Crippen LogP contribution in [0, 0.1) is 0 Å². The maximum atomic E-state index is 12.4. The lowest BCUT2D eigenvalue weighted by Crippen LogP contribution is -2.34. The largest absolute Gasteiger partial charge is 0.445 e. The molecular weight excluding hydrogens is 273 g/mol. The van der Waals surface area contributed by atoms with Gasteiger partial charge in [-0.25, -0.2) is 9.69 Å². The van der Waals surface area contributed by atoms with Gasteiger partial charge >= 0.3 is 12.2 Å². The number of aromatic nitrogens is 2. The van der Waals surface area contributed by atoms with Gasteiger partial charge in [0, 0.05) is 6.54 Å². The Labute approximate surface area is 104 Å². The number of nitrogens with zero attached hydrogens (tertiary/aromatic N) is 4. The monoisotopic (exact) mass is 282 g/mol. The van der Waals surface area contributed by atoms with Crippen LogP contribution in [0.2, 0.25) is 0 Å². The van der Waals surface area contributed by atoms with E-state index in [-0.39, 0.29) is 23.0 Å². The molecule has 0 saturated carbocycles. The lowest BCUT2D eigenvalue weighted by atomic mass is 10.5. The minimum absolute atomic E-state index is 0.0380. The van der Waals surface area contributed by atoms with Crippen LogP contribution in [0.3, 0.4) is 0 Å². The molecule has 2 heterocycles. The predicted molar refractivity (Wildman–Crippen MR) is 56.0 cm³/mol. The number of hydrogen-bond acceptors (Lipinski definition) is 5. The van der Waals surface area contributed by atoms with E-state index in [2.05, 4.69) is 10.2 Å². The molecule has 1 aliphatic rings. The Kier molecular flexibility index (Phi) is 3.15. The Morgan fingerprint density at radius 2 is 2.17 bits per heavy atom. The van der Waals surface area contributed by atoms with Gasteiger partial charge in [-0.3, -0.25) is 0 Å². The van der Waals surface area contributed by atoms with Gasteiger partial charge in [-0.05, 0) is 6.92 Å². The van der Waals surface area contributed by atoms with Gasteiger partial charge in [0.25, 0.3) is 0 Å². The Morgan fingerprint density at radius 3 is 2.61 bits per heavy atom. The van der Waals surface area contributed by atoms with Crippen molar-refractivity contribution in [2.75, 3.05) is 18.0 Å². The molecular formula is C8H9F3N4O2S. The highest BCUT2D eigenvalue weighted by Crippen LogP contribution is 2.35. The van der Waals surface area contributed by atoms with Crippen LogP contribution in [-0.4, -0.2) is 45.6 Å². The molecule has 1 fully saturated rings. The number of carbonyl (C=O) groups is 1. The van der Waals surface area contributed by atoms with Gasteiger partial charge in [-0.1, -0.05) is 11.3 Å². The third-order valence-corrected chi connectivity index (χ3v) is 3.37. The first-order valence-electron chi connectivity index (χ1n) is 5.01. The number of aliphatic hydroxyl groups excluding tert-OH is 1. The molecule has 0 aliphatic carbocycles. The molecule has 10 heteroatoms. The summed E-state index contributed by atoms with van der Waals surface area (Å²) < 4.78 is 37.1. The molecule has 1 aromatic heterocycles. The predicted octanol–water partition coefficient (Wildman–Crippen LogP) is 1.14. The summed E-state index contributed by atoms with van der Waals surface area (Å²) in [6, 6.07) is -0.574. The lowest BCUT2D eigenvalue weighted by Gasteiger charge is -2.15. The van der Waals surface area contributed by atoms with Gasteiger partial charge in [-0.15, -0.1) is 10.2 Å². The Bertz CT molecular complexity index is 463. The molecule has 100 valence electrons. The Morgan fingerprint density at radius 1 is 1.50 bits per heavy atom. The van der Waals surface area contributed by atoms with Crippen molar-refractivity contribution in [1.29, 1.82) is 0 Å². The zero-order valence-electron chi connectivity index (χ0n) is 9.18. The van der Waals surface area contributed by atoms with Crippen molar-refractivity contribution in [3.8, 4) is 0 Å². The number of amides is 2. The van der Waals surface area contributed by atoms with Crippen LogP contribution in [0.25, 0.3) is 0 Å². The second-order valence-corrected chi connectivity index (χ2v) is 4.52. The number of likely N-dealkylation sites (N-methyl/N-ethyl adjacent to an activating group) is 1. The highest BCUT2D eigenvalue weighted by Gasteiger charge is 2.41. The number of alkyl halides is 3. The van der Waals surface area contributed by atoms with Crippen molar-refractivity contribution in [3.63, 3.8) is 0 Å². The van der Waals surface area contributed by atoms with Crippen LogP contribution in [0.15, 0.2) is 0 Å². The van der Waals surface area contributed by atoms with Crippen molar-refractivity contribution < 1.29 is 23.1 Å². The van der Waals surface area contributed by atoms with Gasteiger partial charge in [-0.2, -0.15) is 13.2 Å². The van der Waals surface area contributed by atoms with E-state index in [9.17, 15) is 23.1 Å². The van der Waals surface area contributed by atoms with E-state index < -0.39 is 23.4 Å². The SMILES string of the molecule is CCN1CC(O)N(c2nnc(C(F)(F)F)s2)C1=O. The van der Waals surface area contributed by atoms with Gasteiger partial charge in [0.2, 0.25) is 10.1 Å². The molecule has 0 aromatic carbocycles. The summed E-state index contributed by atoms with van der Waals surface area (Å²) in [4.78, 5) is 13.9. The van der Waals surface area contributed by atoms with Crippen LogP contribution >= 0.6 is 11.3 Å². The molecule has 2 amide bonds. The minimum Gasteiger partial charge on any atom is -0.371 e. The fraction of sp³-hybridized carbons (Fsp3) is 0.625. The van der Waals surface area contributed by atoms with Gasteiger partial charge in [0.1, 0.15) is 0 Å². The first kappa shape index (κ1) is 13.0. The first-order valence-corrected chi connectivity index (χ1v) is 5.83. The van der Waals surface area contributed by atoms with Gasteiger partial charge < -0.3 is 10.0 Å². The van der Waals surface area contributed by atoms with Crippen LogP contribution in [-0.2, 0) is 6.18 Å². The molecule has 0 radical (unpaired) electrons. The minimum atomic E-state index is -4.60. The maximum Gasteiger partial charge on any atom is 0.445 e. The summed E-state index contributed by atoms with van der Waals surface area (Å²) in [5.41, 5.74) is 0. The number of urea groups is 1. The smallest absolute Gasteiger partial charge is 0.371 e. The Balaban J connectivity index is 2.27. The number of hydrogen-bond donors (Lipinski definition) is 1. The lowest BCUT2D eigenvalue weighted by molar-refractivity contribution is -0.138. The molecule has 1 atom stereocenters. The van der Waals surface area contributed by atoms with Crippen molar-refractivity contribution in [2.45, 2.75) is 19.3 Å². The topological polar surface area (TPSA) is 69.6 Å². The molecule has 1 N–H and O–H groups in total. The highest BCUT2D eigenvalue weighted by atomic mass is 32.1. The van der Waals surface area contributed by atoms with E-state index in [1.807, 2.05) is 0 Å². The number of halogens is 3. The number of β-amino-alcohol motifs (C(OH)–C–C–N with tert-alkyl or cyclic N) is 1. The summed E-state index contributed by atoms with van der Waals surface area (Å²) in [7, 11) is 0. The highest BCUT2D eigenvalue weighted by molar-refractivity contribution is 7.15. The quantitative estimate of drug-likeness (QED) is 0.883. The average molecular weight is 282 g/mol. The fourth-order valence-electron chi connectivity index (χ4n) is 1.54. The molecule has 0 spiro atoms. The maximum absolute atomic E-state index is 12.4. The van der Waals surface area contributed by atoms with Crippen LogP contribution in [0.4, 0.5) is 23.1 Å². The summed E-state index contributed by atoms with van der Waals surface area (Å²) in [6.45, 7) is 2.10. The molecule has 6 nitrogen and oxygen atoms in total. The zero-order chi connectivity index (χ0) is 13.5. The zero-order valence-corrected chi connectivity index (χ0v) is 9.99. The fourth-order valence-corrected chi connectivity index (χ4v) is 2.29. The molecule has 18 heavy (non-hydrogen) atoms. The number of carbonyl (C=O) groups excluding carboxylic acids is 1. The first-order chi connectivity index (χ1) is 8.34. The van der Waals surface area contributed by atoms with Crippen molar-refractivity contribution >= 4 is 22.5 Å². The molecule has 0 bridgehead atoms. The molecule has 2 rings (SSSR count). The van der Waals surface area contributed by atoms with E-state index in [1.54, 1.807) is 6.92 Å². The average Bonchev–Trinajstić information content (AvgIpc) is 2.83. The third kappa shape index (κ3) is 2.12. The standard InChI is InChI=1S/C8H9F3N4O2S/c1-2-14-3-4(16)15(7(14)17)6-13-12-5(18-6)8(9,10)11/h4,16H,2-3H2,1H3. The summed E-state index contributed by atoms with van der Waals surface area (Å²) >= 11 is 0.228. The van der Waals surface area contributed by atoms with Gasteiger partial charge in [0.15, 0.2) is 6.23 Å². The number of anilines is 1. The van der Waals surface area contributed by atoms with Crippen LogP contribution in [0.5, 0.6) is 0 Å². The second-order valence-electron chi connectivity index (χ2n) is 3.56. The molecule has 1 unspecified atom stereocenters. The van der Waals surface area contributed by atoms with Crippen molar-refractivity contribution in [2.24, 2.45) is 0 Å². The Hall–Kier alpha value is -1.42. The van der Waals surface area contributed by atoms with E-state index >= 15 is 0 Å². The second kappa shape index (κ2) is 4.35. The summed E-state index contributed by atoms with van der Waals surface area (Å²) in [5.74, 6) is 0. The van der Waals surface area contributed by atoms with Crippen molar-refractivity contribution in [3.05, 3.63) is 5.01 Å².